The van der Waals surface area contributed by atoms with Crippen molar-refractivity contribution in [3.05, 3.63) is 64.7 Å². The molecule has 0 saturated heterocycles. The summed E-state index contributed by atoms with van der Waals surface area (Å²) in [6, 6.07) is 13.8. The van der Waals surface area contributed by atoms with E-state index < -0.39 is 0 Å². The van der Waals surface area contributed by atoms with Crippen LogP contribution in [0.15, 0.2) is 42.5 Å². The van der Waals surface area contributed by atoms with Gasteiger partial charge in [-0.15, -0.1) is 0 Å². The first kappa shape index (κ1) is 15.1. The van der Waals surface area contributed by atoms with Crippen molar-refractivity contribution in [2.45, 2.75) is 26.8 Å². The summed E-state index contributed by atoms with van der Waals surface area (Å²) in [7, 11) is 1.85. The number of rotatable bonds is 4. The van der Waals surface area contributed by atoms with Crippen molar-refractivity contribution in [1.82, 2.24) is 4.90 Å². The van der Waals surface area contributed by atoms with E-state index in [0.29, 0.717) is 13.0 Å². The molecule has 3 nitrogen and oxygen atoms in total. The first-order valence-corrected chi connectivity index (χ1v) is 7.10. The van der Waals surface area contributed by atoms with Gasteiger partial charge >= 0.3 is 0 Å². The number of benzene rings is 2. The molecule has 0 aliphatic rings. The maximum Gasteiger partial charge on any atom is 0.227 e. The predicted molar refractivity (Wildman–Crippen MR) is 86.9 cm³/mol. The van der Waals surface area contributed by atoms with E-state index in [4.69, 9.17) is 5.73 Å². The summed E-state index contributed by atoms with van der Waals surface area (Å²) < 4.78 is 0. The van der Waals surface area contributed by atoms with E-state index in [2.05, 4.69) is 32.0 Å². The van der Waals surface area contributed by atoms with Crippen molar-refractivity contribution in [3.63, 3.8) is 0 Å². The predicted octanol–water partition coefficient (Wildman–Crippen LogP) is 3.09. The van der Waals surface area contributed by atoms with Gasteiger partial charge < -0.3 is 10.6 Å². The van der Waals surface area contributed by atoms with Gasteiger partial charge in [0.05, 0.1) is 6.42 Å². The number of likely N-dealkylation sites (N-methyl/N-ethyl adjacent to an activating group) is 1. The molecule has 3 heteroatoms. The molecule has 0 aromatic heterocycles. The zero-order valence-electron chi connectivity index (χ0n) is 12.9. The summed E-state index contributed by atoms with van der Waals surface area (Å²) >= 11 is 0. The Morgan fingerprint density at radius 3 is 2.38 bits per heavy atom. The number of aryl methyl sites for hydroxylation is 2. The van der Waals surface area contributed by atoms with Crippen molar-refractivity contribution in [2.24, 2.45) is 0 Å². The van der Waals surface area contributed by atoms with Crippen LogP contribution in [0.2, 0.25) is 0 Å². The summed E-state index contributed by atoms with van der Waals surface area (Å²) in [4.78, 5) is 14.0. The average Bonchev–Trinajstić information content (AvgIpc) is 2.44. The van der Waals surface area contributed by atoms with Crippen LogP contribution in [0.1, 0.15) is 22.3 Å². The fourth-order valence-corrected chi connectivity index (χ4v) is 2.31. The Kier molecular flexibility index (Phi) is 4.63. The molecule has 0 fully saturated rings. The lowest BCUT2D eigenvalue weighted by Gasteiger charge is -2.19. The van der Waals surface area contributed by atoms with E-state index >= 15 is 0 Å². The van der Waals surface area contributed by atoms with Gasteiger partial charge in [0, 0.05) is 19.3 Å². The monoisotopic (exact) mass is 282 g/mol. The summed E-state index contributed by atoms with van der Waals surface area (Å²) in [5.41, 5.74) is 11.0. The Bertz CT molecular complexity index is 632. The summed E-state index contributed by atoms with van der Waals surface area (Å²) in [5, 5.41) is 0. The SMILES string of the molecule is Cc1ccc(CN(C)C(=O)Cc2ccc(N)cc2)c(C)c1. The average molecular weight is 282 g/mol. The third kappa shape index (κ3) is 4.09. The maximum atomic E-state index is 12.3. The van der Waals surface area contributed by atoms with Crippen LogP contribution >= 0.6 is 0 Å². The van der Waals surface area contributed by atoms with Crippen molar-refractivity contribution in [3.8, 4) is 0 Å². The van der Waals surface area contributed by atoms with E-state index in [-0.39, 0.29) is 5.91 Å². The number of carbonyl (C=O) groups excluding carboxylic acids is 1. The van der Waals surface area contributed by atoms with Gasteiger partial charge in [0.15, 0.2) is 0 Å². The number of nitrogens with two attached hydrogens (primary N) is 1. The highest BCUT2D eigenvalue weighted by atomic mass is 16.2. The zero-order chi connectivity index (χ0) is 15.4. The van der Waals surface area contributed by atoms with Gasteiger partial charge in [-0.3, -0.25) is 4.79 Å². The van der Waals surface area contributed by atoms with E-state index in [1.54, 1.807) is 4.90 Å². The normalized spacial score (nSPS) is 10.4. The smallest absolute Gasteiger partial charge is 0.227 e. The Morgan fingerprint density at radius 1 is 1.10 bits per heavy atom. The highest BCUT2D eigenvalue weighted by Crippen LogP contribution is 2.14. The number of hydrogen-bond donors (Lipinski definition) is 1. The second-order valence-electron chi connectivity index (χ2n) is 5.60. The van der Waals surface area contributed by atoms with Crippen LogP contribution in [0.4, 0.5) is 5.69 Å². The number of nitrogens with zero attached hydrogens (tertiary/aromatic N) is 1. The van der Waals surface area contributed by atoms with Crippen molar-refractivity contribution >= 4 is 11.6 Å². The minimum absolute atomic E-state index is 0.111. The fourth-order valence-electron chi connectivity index (χ4n) is 2.31. The van der Waals surface area contributed by atoms with E-state index in [1.165, 1.54) is 16.7 Å². The second kappa shape index (κ2) is 6.44. The molecule has 2 N–H and O–H groups in total. The number of anilines is 1. The Balaban J connectivity index is 2.00. The summed E-state index contributed by atoms with van der Waals surface area (Å²) in [5.74, 6) is 0.111. The molecule has 0 aliphatic carbocycles. The molecule has 0 saturated carbocycles. The first-order valence-electron chi connectivity index (χ1n) is 7.10. The lowest BCUT2D eigenvalue weighted by atomic mass is 10.1. The lowest BCUT2D eigenvalue weighted by Crippen LogP contribution is -2.28. The van der Waals surface area contributed by atoms with Crippen LogP contribution in [0.5, 0.6) is 0 Å². The van der Waals surface area contributed by atoms with E-state index in [1.807, 2.05) is 31.3 Å². The van der Waals surface area contributed by atoms with Crippen molar-refractivity contribution in [2.75, 3.05) is 12.8 Å². The van der Waals surface area contributed by atoms with E-state index in [9.17, 15) is 4.79 Å². The van der Waals surface area contributed by atoms with Crippen LogP contribution in [0, 0.1) is 13.8 Å². The number of carbonyl (C=O) groups is 1. The van der Waals surface area contributed by atoms with Crippen LogP contribution in [-0.4, -0.2) is 17.9 Å². The van der Waals surface area contributed by atoms with Crippen molar-refractivity contribution in [1.29, 1.82) is 0 Å². The lowest BCUT2D eigenvalue weighted by molar-refractivity contribution is -0.129. The number of amides is 1. The molecule has 1 amide bonds. The topological polar surface area (TPSA) is 46.3 Å². The molecule has 2 rings (SSSR count). The van der Waals surface area contributed by atoms with Crippen molar-refractivity contribution < 1.29 is 4.79 Å². The summed E-state index contributed by atoms with van der Waals surface area (Å²) in [6.07, 6.45) is 0.404. The molecule has 0 unspecified atom stereocenters. The Hall–Kier alpha value is -2.29. The Labute approximate surface area is 126 Å². The molecule has 0 atom stereocenters. The number of hydrogen-bond acceptors (Lipinski definition) is 2. The molecular formula is C18H22N2O. The molecule has 0 bridgehead atoms. The van der Waals surface area contributed by atoms with Gasteiger partial charge in [0.2, 0.25) is 5.91 Å². The fraction of sp³-hybridized carbons (Fsp3) is 0.278. The Morgan fingerprint density at radius 2 is 1.76 bits per heavy atom. The van der Waals surface area contributed by atoms with Crippen LogP contribution in [-0.2, 0) is 17.8 Å². The number of nitrogen functional groups attached to an aromatic ring is 1. The first-order chi connectivity index (χ1) is 9.95. The van der Waals surface area contributed by atoms with Crippen LogP contribution < -0.4 is 5.73 Å². The largest absolute Gasteiger partial charge is 0.399 e. The molecule has 0 spiro atoms. The maximum absolute atomic E-state index is 12.3. The third-order valence-electron chi connectivity index (χ3n) is 3.67. The highest BCUT2D eigenvalue weighted by molar-refractivity contribution is 5.78. The van der Waals surface area contributed by atoms with Crippen LogP contribution in [0.3, 0.4) is 0 Å². The third-order valence-corrected chi connectivity index (χ3v) is 3.67. The van der Waals surface area contributed by atoms with Gasteiger partial charge in [-0.05, 0) is 42.7 Å². The zero-order valence-corrected chi connectivity index (χ0v) is 12.9. The molecule has 0 heterocycles. The minimum atomic E-state index is 0.111. The molecular weight excluding hydrogens is 260 g/mol. The highest BCUT2D eigenvalue weighted by Gasteiger charge is 2.11. The standard InChI is InChI=1S/C18H22N2O/c1-13-4-7-16(14(2)10-13)12-20(3)18(21)11-15-5-8-17(19)9-6-15/h4-10H,11-12,19H2,1-3H3. The van der Waals surface area contributed by atoms with E-state index in [0.717, 1.165) is 11.3 Å². The molecule has 21 heavy (non-hydrogen) atoms. The molecule has 2 aromatic rings. The molecule has 0 radical (unpaired) electrons. The van der Waals surface area contributed by atoms with Gasteiger partial charge in [0.1, 0.15) is 0 Å². The molecule has 0 aliphatic heterocycles. The van der Waals surface area contributed by atoms with Gasteiger partial charge in [-0.1, -0.05) is 35.9 Å². The van der Waals surface area contributed by atoms with Crippen LogP contribution in [0.25, 0.3) is 0 Å². The molecule has 110 valence electrons. The van der Waals surface area contributed by atoms with Gasteiger partial charge in [0.25, 0.3) is 0 Å². The second-order valence-corrected chi connectivity index (χ2v) is 5.60. The summed E-state index contributed by atoms with van der Waals surface area (Å²) in [6.45, 7) is 4.80. The minimum Gasteiger partial charge on any atom is -0.399 e. The molecule has 2 aromatic carbocycles. The quantitative estimate of drug-likeness (QED) is 0.876. The van der Waals surface area contributed by atoms with Gasteiger partial charge in [-0.25, -0.2) is 0 Å². The van der Waals surface area contributed by atoms with Gasteiger partial charge in [-0.2, -0.15) is 0 Å².